The van der Waals surface area contributed by atoms with E-state index in [0.29, 0.717) is 18.2 Å². The molecule has 5 heteroatoms. The number of rotatable bonds is 5. The van der Waals surface area contributed by atoms with Crippen LogP contribution in [0.1, 0.15) is 21.5 Å². The third kappa shape index (κ3) is 4.07. The summed E-state index contributed by atoms with van der Waals surface area (Å²) in [5, 5.41) is 9.57. The summed E-state index contributed by atoms with van der Waals surface area (Å²) in [6, 6.07) is 12.3. The van der Waals surface area contributed by atoms with E-state index in [-0.39, 0.29) is 5.56 Å². The van der Waals surface area contributed by atoms with Crippen molar-refractivity contribution in [2.45, 2.75) is 13.2 Å². The summed E-state index contributed by atoms with van der Waals surface area (Å²) in [6.07, 6.45) is 0. The summed E-state index contributed by atoms with van der Waals surface area (Å²) < 4.78 is 6.33. The molecule has 2 aromatic carbocycles. The Balaban J connectivity index is 1.96. The van der Waals surface area contributed by atoms with Crippen molar-refractivity contribution >= 4 is 33.5 Å². The van der Waals surface area contributed by atoms with E-state index in [1.807, 2.05) is 24.3 Å². The Labute approximate surface area is 130 Å². The molecule has 0 spiro atoms. The Morgan fingerprint density at radius 3 is 2.65 bits per heavy atom. The number of benzene rings is 2. The maximum atomic E-state index is 10.8. The van der Waals surface area contributed by atoms with E-state index in [1.165, 1.54) is 0 Å². The molecule has 1 N–H and O–H groups in total. The topological polar surface area (TPSA) is 46.5 Å². The molecule has 0 aliphatic heterocycles. The second-order valence-corrected chi connectivity index (χ2v) is 5.52. The zero-order chi connectivity index (χ0) is 14.5. The Hall–Kier alpha value is -1.36. The maximum Gasteiger partial charge on any atom is 0.335 e. The number of hydrogen-bond donors (Lipinski definition) is 1. The van der Waals surface area contributed by atoms with E-state index in [2.05, 4.69) is 15.9 Å². The van der Waals surface area contributed by atoms with Crippen molar-refractivity contribution in [2.24, 2.45) is 0 Å². The fraction of sp³-hybridized carbons (Fsp3) is 0.133. The van der Waals surface area contributed by atoms with Crippen LogP contribution in [0, 0.1) is 0 Å². The first-order valence-corrected chi connectivity index (χ1v) is 7.07. The van der Waals surface area contributed by atoms with Gasteiger partial charge in [0, 0.05) is 9.50 Å². The normalized spacial score (nSPS) is 10.5. The van der Waals surface area contributed by atoms with E-state index in [0.717, 1.165) is 15.6 Å². The highest BCUT2D eigenvalue weighted by molar-refractivity contribution is 9.10. The van der Waals surface area contributed by atoms with Crippen molar-refractivity contribution in [2.75, 3.05) is 0 Å². The molecule has 0 aliphatic rings. The smallest absolute Gasteiger partial charge is 0.335 e. The first-order valence-electron chi connectivity index (χ1n) is 5.90. The minimum Gasteiger partial charge on any atom is -0.478 e. The number of carbonyl (C=O) groups is 1. The summed E-state index contributed by atoms with van der Waals surface area (Å²) in [6.45, 7) is 0.848. The fourth-order valence-corrected chi connectivity index (χ4v) is 2.41. The second-order valence-electron chi connectivity index (χ2n) is 4.23. The molecule has 0 bridgehead atoms. The number of hydrogen-bond acceptors (Lipinski definition) is 2. The van der Waals surface area contributed by atoms with Gasteiger partial charge in [-0.15, -0.1) is 0 Å². The van der Waals surface area contributed by atoms with Crippen LogP contribution in [0.5, 0.6) is 0 Å². The van der Waals surface area contributed by atoms with Gasteiger partial charge in [0.15, 0.2) is 0 Å². The van der Waals surface area contributed by atoms with E-state index in [9.17, 15) is 4.79 Å². The van der Waals surface area contributed by atoms with Crippen molar-refractivity contribution in [3.63, 3.8) is 0 Å². The number of ether oxygens (including phenoxy) is 1. The molecule has 0 saturated heterocycles. The highest BCUT2D eigenvalue weighted by atomic mass is 79.9. The quantitative estimate of drug-likeness (QED) is 0.858. The zero-order valence-corrected chi connectivity index (χ0v) is 12.8. The van der Waals surface area contributed by atoms with E-state index in [1.54, 1.807) is 18.2 Å². The molecule has 0 saturated carbocycles. The molecule has 0 aromatic heterocycles. The lowest BCUT2D eigenvalue weighted by Gasteiger charge is -2.07. The molecule has 0 aliphatic carbocycles. The summed E-state index contributed by atoms with van der Waals surface area (Å²) >= 11 is 9.24. The summed E-state index contributed by atoms with van der Waals surface area (Å²) in [5.41, 5.74) is 2.14. The molecule has 0 heterocycles. The highest BCUT2D eigenvalue weighted by Gasteiger charge is 2.07. The molecule has 0 amide bonds. The Kier molecular flexibility index (Phi) is 5.17. The molecular formula is C15H12BrClO3. The average molecular weight is 356 g/mol. The van der Waals surface area contributed by atoms with Gasteiger partial charge in [0.1, 0.15) is 0 Å². The Morgan fingerprint density at radius 2 is 2.00 bits per heavy atom. The van der Waals surface area contributed by atoms with Crippen molar-refractivity contribution in [1.29, 1.82) is 0 Å². The van der Waals surface area contributed by atoms with Crippen LogP contribution < -0.4 is 0 Å². The van der Waals surface area contributed by atoms with Crippen molar-refractivity contribution in [3.8, 4) is 0 Å². The van der Waals surface area contributed by atoms with Gasteiger partial charge in [0.2, 0.25) is 0 Å². The van der Waals surface area contributed by atoms with Crippen LogP contribution in [0.4, 0.5) is 0 Å². The lowest BCUT2D eigenvalue weighted by Crippen LogP contribution is -1.99. The Bertz CT molecular complexity index is 628. The monoisotopic (exact) mass is 354 g/mol. The van der Waals surface area contributed by atoms with Crippen LogP contribution >= 0.6 is 27.5 Å². The van der Waals surface area contributed by atoms with Gasteiger partial charge in [0.05, 0.1) is 18.8 Å². The van der Waals surface area contributed by atoms with Crippen LogP contribution in [0.2, 0.25) is 5.02 Å². The van der Waals surface area contributed by atoms with Gasteiger partial charge in [-0.2, -0.15) is 0 Å². The number of carboxylic acid groups (broad SMARTS) is 1. The fourth-order valence-electron chi connectivity index (χ4n) is 1.70. The molecule has 2 aromatic rings. The average Bonchev–Trinajstić information content (AvgIpc) is 2.40. The minimum absolute atomic E-state index is 0.246. The van der Waals surface area contributed by atoms with Gasteiger partial charge in [0.25, 0.3) is 0 Å². The standard InChI is InChI=1S/C15H12BrClO3/c16-14-7-11(15(18)19)4-5-12(14)9-20-8-10-2-1-3-13(17)6-10/h1-7H,8-9H2,(H,18,19). The minimum atomic E-state index is -0.947. The van der Waals surface area contributed by atoms with E-state index >= 15 is 0 Å². The lowest BCUT2D eigenvalue weighted by atomic mass is 10.1. The molecule has 104 valence electrons. The molecule has 20 heavy (non-hydrogen) atoms. The van der Waals surface area contributed by atoms with E-state index < -0.39 is 5.97 Å². The SMILES string of the molecule is O=C(O)c1ccc(COCc2cccc(Cl)c2)c(Br)c1. The first-order chi connectivity index (χ1) is 9.56. The van der Waals surface area contributed by atoms with Gasteiger partial charge in [-0.05, 0) is 35.4 Å². The number of halogens is 2. The number of carboxylic acids is 1. The second kappa shape index (κ2) is 6.88. The zero-order valence-electron chi connectivity index (χ0n) is 10.5. The summed E-state index contributed by atoms with van der Waals surface area (Å²) in [7, 11) is 0. The lowest BCUT2D eigenvalue weighted by molar-refractivity contribution is 0.0696. The molecule has 0 atom stereocenters. The molecule has 0 fully saturated rings. The van der Waals surface area contributed by atoms with Crippen LogP contribution in [0.3, 0.4) is 0 Å². The van der Waals surface area contributed by atoms with Crippen LogP contribution in [0.25, 0.3) is 0 Å². The van der Waals surface area contributed by atoms with Gasteiger partial charge in [-0.3, -0.25) is 0 Å². The molecule has 0 radical (unpaired) electrons. The first kappa shape index (κ1) is 15.0. The Morgan fingerprint density at radius 1 is 1.20 bits per heavy atom. The highest BCUT2D eigenvalue weighted by Crippen LogP contribution is 2.20. The third-order valence-corrected chi connectivity index (χ3v) is 3.69. The van der Waals surface area contributed by atoms with Crippen molar-refractivity contribution in [3.05, 3.63) is 68.7 Å². The van der Waals surface area contributed by atoms with Gasteiger partial charge < -0.3 is 9.84 Å². The number of aromatic carboxylic acids is 1. The van der Waals surface area contributed by atoms with Crippen LogP contribution in [-0.2, 0) is 18.0 Å². The van der Waals surface area contributed by atoms with E-state index in [4.69, 9.17) is 21.4 Å². The molecule has 0 unspecified atom stereocenters. The predicted octanol–water partition coefficient (Wildman–Crippen LogP) is 4.52. The predicted molar refractivity (Wildman–Crippen MR) is 81.0 cm³/mol. The van der Waals surface area contributed by atoms with Crippen LogP contribution in [0.15, 0.2) is 46.9 Å². The summed E-state index contributed by atoms with van der Waals surface area (Å²) in [5.74, 6) is -0.947. The molecular weight excluding hydrogens is 344 g/mol. The van der Waals surface area contributed by atoms with Gasteiger partial charge >= 0.3 is 5.97 Å². The van der Waals surface area contributed by atoms with Crippen molar-refractivity contribution in [1.82, 2.24) is 0 Å². The largest absolute Gasteiger partial charge is 0.478 e. The summed E-state index contributed by atoms with van der Waals surface area (Å²) in [4.78, 5) is 10.8. The van der Waals surface area contributed by atoms with Gasteiger partial charge in [-0.1, -0.05) is 45.7 Å². The third-order valence-electron chi connectivity index (χ3n) is 2.72. The van der Waals surface area contributed by atoms with Gasteiger partial charge in [-0.25, -0.2) is 4.79 Å². The maximum absolute atomic E-state index is 10.8. The van der Waals surface area contributed by atoms with Crippen molar-refractivity contribution < 1.29 is 14.6 Å². The molecule has 2 rings (SSSR count). The molecule has 3 nitrogen and oxygen atoms in total. The van der Waals surface area contributed by atoms with Crippen LogP contribution in [-0.4, -0.2) is 11.1 Å².